The van der Waals surface area contributed by atoms with Gasteiger partial charge in [0.25, 0.3) is 0 Å². The van der Waals surface area contributed by atoms with E-state index in [0.29, 0.717) is 13.0 Å². The molecule has 4 nitrogen and oxygen atoms in total. The molecule has 10 heavy (non-hydrogen) atoms. The van der Waals surface area contributed by atoms with E-state index in [0.717, 1.165) is 12.8 Å². The van der Waals surface area contributed by atoms with Crippen LogP contribution in [0, 0.1) is 0 Å². The molecule has 0 rings (SSSR count). The van der Waals surface area contributed by atoms with Crippen molar-refractivity contribution < 1.29 is 9.90 Å². The molecule has 0 spiro atoms. The third-order valence-electron chi connectivity index (χ3n) is 1.29. The van der Waals surface area contributed by atoms with E-state index in [4.69, 9.17) is 16.6 Å². The highest BCUT2D eigenvalue weighted by Crippen LogP contribution is 1.96. The van der Waals surface area contributed by atoms with Crippen molar-refractivity contribution in [1.82, 2.24) is 0 Å². The van der Waals surface area contributed by atoms with Crippen molar-refractivity contribution in [2.75, 3.05) is 6.54 Å². The van der Waals surface area contributed by atoms with Gasteiger partial charge in [0.05, 0.1) is 0 Å². The van der Waals surface area contributed by atoms with Crippen LogP contribution in [0.15, 0.2) is 0 Å². The maximum atomic E-state index is 10.1. The molecule has 0 aromatic heterocycles. The van der Waals surface area contributed by atoms with Crippen molar-refractivity contribution in [3.63, 3.8) is 0 Å². The van der Waals surface area contributed by atoms with Crippen LogP contribution in [-0.4, -0.2) is 23.7 Å². The van der Waals surface area contributed by atoms with Gasteiger partial charge in [-0.05, 0) is 19.4 Å². The lowest BCUT2D eigenvalue weighted by Crippen LogP contribution is -2.29. The van der Waals surface area contributed by atoms with Crippen LogP contribution < -0.4 is 11.5 Å². The monoisotopic (exact) mass is 148 g/mol. The number of hydrogen-bond donors (Lipinski definition) is 3. The summed E-state index contributed by atoms with van der Waals surface area (Å²) >= 11 is 0. The zero-order valence-corrected chi connectivity index (χ0v) is 5.92. The maximum Gasteiger partial charge on any atom is 0.320 e. The second kappa shape index (κ2) is 5.20. The van der Waals surface area contributed by atoms with Gasteiger partial charge < -0.3 is 16.6 Å². The number of hydrogen-bond acceptors (Lipinski definition) is 3. The number of unbranched alkanes of at least 4 members (excludes halogenated alkanes) is 1. The standard InChI is InChI=1S/C6H14N2O2/c7-4-2-1-3-5(8)6(9)10/h5H,1-4,7-8H2,(H,9,10)/i7+1,8+1. The lowest BCUT2D eigenvalue weighted by atomic mass is 10.1. The summed E-state index contributed by atoms with van der Waals surface area (Å²) < 4.78 is 0. The second-order valence-corrected chi connectivity index (χ2v) is 2.23. The Balaban J connectivity index is 3.21. The third-order valence-corrected chi connectivity index (χ3v) is 1.29. The largest absolute Gasteiger partial charge is 0.480 e. The normalized spacial score (nSPS) is 13.0. The highest BCUT2D eigenvalue weighted by atomic mass is 16.4. The smallest absolute Gasteiger partial charge is 0.320 e. The third kappa shape index (κ3) is 4.29. The van der Waals surface area contributed by atoms with E-state index < -0.39 is 12.0 Å². The molecule has 0 radical (unpaired) electrons. The van der Waals surface area contributed by atoms with Gasteiger partial charge in [-0.1, -0.05) is 6.42 Å². The summed E-state index contributed by atoms with van der Waals surface area (Å²) in [5.74, 6) is -0.933. The summed E-state index contributed by atoms with van der Waals surface area (Å²) in [5, 5.41) is 8.33. The molecule has 1 unspecified atom stereocenters. The fraction of sp³-hybridized carbons (Fsp3) is 0.833. The molecule has 0 aliphatic carbocycles. The molecule has 0 saturated carbocycles. The van der Waals surface area contributed by atoms with E-state index in [1.54, 1.807) is 0 Å². The molecular formula is C6H14N2O2. The van der Waals surface area contributed by atoms with Crippen molar-refractivity contribution in [3.05, 3.63) is 0 Å². The van der Waals surface area contributed by atoms with E-state index in [9.17, 15) is 4.79 Å². The maximum absolute atomic E-state index is 10.1. The van der Waals surface area contributed by atoms with Crippen molar-refractivity contribution >= 4 is 5.97 Å². The Bertz CT molecular complexity index is 106. The number of carbonyl (C=O) groups is 1. The Labute approximate surface area is 60.2 Å². The zero-order valence-electron chi connectivity index (χ0n) is 5.92. The Hall–Kier alpha value is -0.610. The van der Waals surface area contributed by atoms with Crippen LogP contribution in [0.5, 0.6) is 0 Å². The van der Waals surface area contributed by atoms with Crippen molar-refractivity contribution in [3.8, 4) is 0 Å². The van der Waals surface area contributed by atoms with E-state index in [1.807, 2.05) is 0 Å². The fourth-order valence-corrected chi connectivity index (χ4v) is 0.632. The molecule has 0 aromatic rings. The van der Waals surface area contributed by atoms with Gasteiger partial charge in [0.15, 0.2) is 0 Å². The first-order valence-electron chi connectivity index (χ1n) is 3.37. The van der Waals surface area contributed by atoms with Gasteiger partial charge in [-0.3, -0.25) is 4.79 Å². The molecule has 0 heterocycles. The number of carboxylic acid groups (broad SMARTS) is 1. The topological polar surface area (TPSA) is 89.3 Å². The Kier molecular flexibility index (Phi) is 4.88. The van der Waals surface area contributed by atoms with Crippen LogP contribution in [-0.2, 0) is 4.79 Å². The summed E-state index contributed by atoms with van der Waals surface area (Å²) in [6.07, 6.45) is 2.16. The van der Waals surface area contributed by atoms with Gasteiger partial charge in [0.2, 0.25) is 0 Å². The molecule has 5 N–H and O–H groups in total. The number of nitrogens with two attached hydrogens (primary N) is 2. The Morgan fingerprint density at radius 1 is 1.50 bits per heavy atom. The van der Waals surface area contributed by atoms with Crippen molar-refractivity contribution in [2.45, 2.75) is 25.3 Å². The predicted molar refractivity (Wildman–Crippen MR) is 38.5 cm³/mol. The first-order valence-corrected chi connectivity index (χ1v) is 3.37. The molecule has 0 aliphatic heterocycles. The summed E-state index contributed by atoms with van der Waals surface area (Å²) in [6, 6.07) is -0.716. The average Bonchev–Trinajstić information content (AvgIpc) is 1.88. The summed E-state index contributed by atoms with van der Waals surface area (Å²) in [5.41, 5.74) is 10.4. The fourth-order valence-electron chi connectivity index (χ4n) is 0.632. The minimum absolute atomic E-state index is 0.520. The molecule has 0 amide bonds. The molecule has 0 fully saturated rings. The van der Waals surface area contributed by atoms with Crippen molar-refractivity contribution in [2.24, 2.45) is 11.5 Å². The van der Waals surface area contributed by atoms with Gasteiger partial charge in [0, 0.05) is 0 Å². The van der Waals surface area contributed by atoms with Gasteiger partial charge in [0.1, 0.15) is 6.04 Å². The molecule has 0 saturated heterocycles. The van der Waals surface area contributed by atoms with Crippen LogP contribution in [0.25, 0.3) is 0 Å². The first-order chi connectivity index (χ1) is 4.68. The molecule has 0 bridgehead atoms. The SMILES string of the molecule is [15NH2]CCCCC([15NH2])C(=O)O. The lowest BCUT2D eigenvalue weighted by molar-refractivity contribution is -0.138. The highest BCUT2D eigenvalue weighted by Gasteiger charge is 2.09. The zero-order chi connectivity index (χ0) is 7.98. The van der Waals surface area contributed by atoms with Crippen LogP contribution in [0.2, 0.25) is 0 Å². The van der Waals surface area contributed by atoms with Crippen molar-refractivity contribution in [1.29, 1.82) is 0 Å². The molecule has 0 aliphatic rings. The van der Waals surface area contributed by atoms with Gasteiger partial charge >= 0.3 is 5.97 Å². The highest BCUT2D eigenvalue weighted by molar-refractivity contribution is 5.72. The molecule has 60 valence electrons. The lowest BCUT2D eigenvalue weighted by Gasteiger charge is -2.03. The van der Waals surface area contributed by atoms with Gasteiger partial charge in [-0.25, -0.2) is 0 Å². The molecule has 4 heteroatoms. The number of aliphatic carboxylic acids is 1. The molecule has 0 aromatic carbocycles. The Morgan fingerprint density at radius 3 is 2.50 bits per heavy atom. The van der Waals surface area contributed by atoms with E-state index in [2.05, 4.69) is 0 Å². The second-order valence-electron chi connectivity index (χ2n) is 2.23. The van der Waals surface area contributed by atoms with E-state index in [1.165, 1.54) is 0 Å². The average molecular weight is 148 g/mol. The summed E-state index contributed by atoms with van der Waals surface area (Å²) in [7, 11) is 0. The predicted octanol–water partition coefficient (Wildman–Crippen LogP) is -0.473. The Morgan fingerprint density at radius 2 is 2.10 bits per heavy atom. The minimum atomic E-state index is -0.933. The first kappa shape index (κ1) is 9.39. The summed E-state index contributed by atoms with van der Waals surface area (Å²) in [6.45, 7) is 0.604. The quantitative estimate of drug-likeness (QED) is 0.363. The van der Waals surface area contributed by atoms with Gasteiger partial charge in [-0.2, -0.15) is 0 Å². The number of rotatable bonds is 5. The number of carboxylic acids is 1. The van der Waals surface area contributed by atoms with E-state index >= 15 is 0 Å². The van der Waals surface area contributed by atoms with Gasteiger partial charge in [-0.15, -0.1) is 0 Å². The van der Waals surface area contributed by atoms with Crippen LogP contribution in [0.4, 0.5) is 0 Å². The molecule has 1 atom stereocenters. The molecular weight excluding hydrogens is 134 g/mol. The van der Waals surface area contributed by atoms with Crippen LogP contribution in [0.1, 0.15) is 19.3 Å². The van der Waals surface area contributed by atoms with E-state index in [-0.39, 0.29) is 0 Å². The minimum Gasteiger partial charge on any atom is -0.480 e. The van der Waals surface area contributed by atoms with Crippen LogP contribution in [0.3, 0.4) is 0 Å². The summed E-state index contributed by atoms with van der Waals surface area (Å²) in [4.78, 5) is 10.1. The van der Waals surface area contributed by atoms with Crippen LogP contribution >= 0.6 is 0 Å².